The summed E-state index contributed by atoms with van der Waals surface area (Å²) in [7, 11) is 3.33. The van der Waals surface area contributed by atoms with Crippen LogP contribution in [-0.4, -0.2) is 54.9 Å². The molecule has 1 aliphatic heterocycles. The van der Waals surface area contributed by atoms with Crippen LogP contribution in [0.25, 0.3) is 0 Å². The van der Waals surface area contributed by atoms with Crippen molar-refractivity contribution >= 4 is 41.0 Å². The van der Waals surface area contributed by atoms with Crippen molar-refractivity contribution in [3.63, 3.8) is 0 Å². The summed E-state index contributed by atoms with van der Waals surface area (Å²) in [6.07, 6.45) is 0.229. The summed E-state index contributed by atoms with van der Waals surface area (Å²) >= 11 is 1.24. The Labute approximate surface area is 172 Å². The Morgan fingerprint density at radius 1 is 1.14 bits per heavy atom. The number of fused-ring (bicyclic) bond motifs is 1. The van der Waals surface area contributed by atoms with E-state index < -0.39 is 12.6 Å². The lowest BCUT2D eigenvalue weighted by Gasteiger charge is -2.12. The van der Waals surface area contributed by atoms with E-state index in [1.54, 1.807) is 56.6 Å². The zero-order valence-electron chi connectivity index (χ0n) is 16.1. The van der Waals surface area contributed by atoms with Crippen LogP contribution in [0, 0.1) is 0 Å². The average molecular weight is 412 g/mol. The molecular formula is C21H20N2O5S. The number of Topliss-reactive ketones (excluding diaryl/α,β-unsaturated/α-hetero) is 1. The first-order valence-corrected chi connectivity index (χ1v) is 9.89. The Bertz CT molecular complexity index is 987. The number of nitrogens with one attached hydrogen (secondary N) is 1. The molecule has 0 saturated heterocycles. The highest BCUT2D eigenvalue weighted by molar-refractivity contribution is 8.00. The van der Waals surface area contributed by atoms with Crippen molar-refractivity contribution in [2.45, 2.75) is 11.3 Å². The summed E-state index contributed by atoms with van der Waals surface area (Å²) < 4.78 is 5.20. The number of ether oxygens (including phenoxy) is 1. The fourth-order valence-corrected chi connectivity index (χ4v) is 3.74. The van der Waals surface area contributed by atoms with Gasteiger partial charge >= 0.3 is 5.97 Å². The molecule has 0 atom stereocenters. The highest BCUT2D eigenvalue weighted by atomic mass is 32.2. The molecule has 0 radical (unpaired) electrons. The number of nitrogens with zero attached hydrogens (tertiary/aromatic N) is 1. The van der Waals surface area contributed by atoms with Crippen LogP contribution in [0.4, 0.5) is 5.69 Å². The summed E-state index contributed by atoms with van der Waals surface area (Å²) in [6, 6.07) is 11.7. The van der Waals surface area contributed by atoms with E-state index in [-0.39, 0.29) is 29.8 Å². The van der Waals surface area contributed by atoms with E-state index in [2.05, 4.69) is 5.32 Å². The van der Waals surface area contributed by atoms with Crippen LogP contribution in [0.15, 0.2) is 47.4 Å². The molecule has 29 heavy (non-hydrogen) atoms. The maximum Gasteiger partial charge on any atom is 0.339 e. The minimum Gasteiger partial charge on any atom is -0.454 e. The molecule has 0 bridgehead atoms. The van der Waals surface area contributed by atoms with Crippen LogP contribution in [0.2, 0.25) is 0 Å². The summed E-state index contributed by atoms with van der Waals surface area (Å²) in [5, 5.41) is 2.70. The second kappa shape index (κ2) is 8.91. The first-order chi connectivity index (χ1) is 13.8. The molecule has 1 heterocycles. The van der Waals surface area contributed by atoms with E-state index >= 15 is 0 Å². The molecule has 0 unspecified atom stereocenters. The molecule has 1 N–H and O–H groups in total. The van der Waals surface area contributed by atoms with Crippen LogP contribution in [0.3, 0.4) is 0 Å². The summed E-state index contributed by atoms with van der Waals surface area (Å²) in [4.78, 5) is 50.2. The predicted octanol–water partition coefficient (Wildman–Crippen LogP) is 2.40. The van der Waals surface area contributed by atoms with E-state index in [0.29, 0.717) is 21.7 Å². The van der Waals surface area contributed by atoms with Gasteiger partial charge in [0.05, 0.1) is 17.7 Å². The first kappa shape index (κ1) is 20.6. The summed E-state index contributed by atoms with van der Waals surface area (Å²) in [5.41, 5.74) is 2.13. The molecule has 2 aromatic rings. The molecule has 3 rings (SSSR count). The molecule has 7 nitrogen and oxygen atoms in total. The Kier molecular flexibility index (Phi) is 6.33. The van der Waals surface area contributed by atoms with Crippen LogP contribution in [0.1, 0.15) is 26.3 Å². The number of amides is 2. The van der Waals surface area contributed by atoms with Gasteiger partial charge in [-0.3, -0.25) is 14.4 Å². The highest BCUT2D eigenvalue weighted by Gasteiger charge is 2.20. The molecule has 1 aliphatic rings. The quantitative estimate of drug-likeness (QED) is 0.427. The molecule has 0 spiro atoms. The smallest absolute Gasteiger partial charge is 0.339 e. The second-order valence-electron chi connectivity index (χ2n) is 6.67. The van der Waals surface area contributed by atoms with Gasteiger partial charge in [-0.05, 0) is 35.9 Å². The molecule has 150 valence electrons. The van der Waals surface area contributed by atoms with E-state index in [0.717, 1.165) is 5.56 Å². The van der Waals surface area contributed by atoms with Gasteiger partial charge in [-0.25, -0.2) is 4.79 Å². The van der Waals surface area contributed by atoms with Crippen molar-refractivity contribution in [2.75, 3.05) is 31.8 Å². The number of ketones is 1. The second-order valence-corrected chi connectivity index (χ2v) is 7.69. The Hall–Kier alpha value is -3.13. The van der Waals surface area contributed by atoms with Gasteiger partial charge in [0.15, 0.2) is 12.4 Å². The van der Waals surface area contributed by atoms with E-state index in [1.807, 2.05) is 0 Å². The minimum absolute atomic E-state index is 0.0714. The average Bonchev–Trinajstić information content (AvgIpc) is 3.09. The van der Waals surface area contributed by atoms with Gasteiger partial charge in [0.2, 0.25) is 11.8 Å². The lowest BCUT2D eigenvalue weighted by atomic mass is 10.1. The van der Waals surface area contributed by atoms with E-state index in [1.165, 1.54) is 16.7 Å². The molecule has 0 aliphatic carbocycles. The molecule has 8 heteroatoms. The molecule has 0 fully saturated rings. The lowest BCUT2D eigenvalue weighted by Crippen LogP contribution is -2.23. The van der Waals surface area contributed by atoms with Gasteiger partial charge in [-0.1, -0.05) is 12.1 Å². The number of hydrogen-bond acceptors (Lipinski definition) is 6. The molecule has 0 saturated carbocycles. The fraction of sp³-hybridized carbons (Fsp3) is 0.238. The zero-order chi connectivity index (χ0) is 21.0. The number of anilines is 1. The van der Waals surface area contributed by atoms with Gasteiger partial charge in [-0.15, -0.1) is 11.8 Å². The van der Waals surface area contributed by atoms with E-state index in [4.69, 9.17) is 4.74 Å². The normalized spacial score (nSPS) is 12.1. The predicted molar refractivity (Wildman–Crippen MR) is 109 cm³/mol. The van der Waals surface area contributed by atoms with Gasteiger partial charge < -0.3 is 15.0 Å². The number of thioether (sulfide) groups is 1. The first-order valence-electron chi connectivity index (χ1n) is 8.90. The summed E-state index contributed by atoms with van der Waals surface area (Å²) in [6.45, 7) is -0.408. The van der Waals surface area contributed by atoms with Gasteiger partial charge in [-0.2, -0.15) is 0 Å². The number of esters is 1. The van der Waals surface area contributed by atoms with Gasteiger partial charge in [0.1, 0.15) is 0 Å². The standard InChI is InChI=1S/C21H20N2O5S/c1-23(2)20(26)12-29-18-6-4-3-5-15(18)21(27)28-11-17(24)13-7-8-16-14(9-13)10-19(25)22-16/h3-9H,10-12H2,1-2H3,(H,22,25). The maximum atomic E-state index is 12.5. The number of hydrogen-bond donors (Lipinski definition) is 1. The molecule has 2 aromatic carbocycles. The molecular weight excluding hydrogens is 392 g/mol. The highest BCUT2D eigenvalue weighted by Crippen LogP contribution is 2.25. The lowest BCUT2D eigenvalue weighted by molar-refractivity contribution is -0.125. The van der Waals surface area contributed by atoms with Crippen LogP contribution in [-0.2, 0) is 20.7 Å². The Balaban J connectivity index is 1.62. The number of benzene rings is 2. The number of carbonyl (C=O) groups is 4. The number of carbonyl (C=O) groups excluding carboxylic acids is 4. The van der Waals surface area contributed by atoms with Crippen molar-refractivity contribution in [3.05, 3.63) is 59.2 Å². The van der Waals surface area contributed by atoms with Crippen molar-refractivity contribution < 1.29 is 23.9 Å². The van der Waals surface area contributed by atoms with Crippen molar-refractivity contribution in [3.8, 4) is 0 Å². The monoisotopic (exact) mass is 412 g/mol. The summed E-state index contributed by atoms with van der Waals surface area (Å²) in [5.74, 6) is -0.973. The number of rotatable bonds is 7. The Morgan fingerprint density at radius 3 is 2.66 bits per heavy atom. The Morgan fingerprint density at radius 2 is 1.90 bits per heavy atom. The maximum absolute atomic E-state index is 12.5. The van der Waals surface area contributed by atoms with Crippen LogP contribution in [0.5, 0.6) is 0 Å². The van der Waals surface area contributed by atoms with Crippen LogP contribution < -0.4 is 5.32 Å². The van der Waals surface area contributed by atoms with E-state index in [9.17, 15) is 19.2 Å². The largest absolute Gasteiger partial charge is 0.454 e. The van der Waals surface area contributed by atoms with Gasteiger partial charge in [0.25, 0.3) is 0 Å². The topological polar surface area (TPSA) is 92.8 Å². The third-order valence-corrected chi connectivity index (χ3v) is 5.40. The fourth-order valence-electron chi connectivity index (χ4n) is 2.72. The van der Waals surface area contributed by atoms with Crippen LogP contribution >= 0.6 is 11.8 Å². The van der Waals surface area contributed by atoms with Crippen molar-refractivity contribution in [2.24, 2.45) is 0 Å². The van der Waals surface area contributed by atoms with Crippen molar-refractivity contribution in [1.29, 1.82) is 0 Å². The zero-order valence-corrected chi connectivity index (χ0v) is 16.9. The SMILES string of the molecule is CN(C)C(=O)CSc1ccccc1C(=O)OCC(=O)c1ccc2c(c1)CC(=O)N2. The minimum atomic E-state index is -0.628. The third kappa shape index (κ3) is 5.03. The molecule has 2 amide bonds. The van der Waals surface area contributed by atoms with Gasteiger partial charge in [0, 0.05) is 30.2 Å². The molecule has 0 aromatic heterocycles. The third-order valence-electron chi connectivity index (χ3n) is 4.34. The van der Waals surface area contributed by atoms with Crippen molar-refractivity contribution in [1.82, 2.24) is 4.90 Å².